The molecule has 0 fully saturated rings. The molecule has 0 saturated carbocycles. The lowest BCUT2D eigenvalue weighted by atomic mass is 10.1. The first kappa shape index (κ1) is 26.2. The van der Waals surface area contributed by atoms with E-state index in [1.54, 1.807) is 12.1 Å². The second-order valence-electron chi connectivity index (χ2n) is 7.02. The van der Waals surface area contributed by atoms with Crippen molar-refractivity contribution in [1.82, 2.24) is 4.98 Å². The molecule has 0 radical (unpaired) electrons. The Labute approximate surface area is 207 Å². The first-order chi connectivity index (χ1) is 16.6. The molecule has 3 aromatic heterocycles. The highest BCUT2D eigenvalue weighted by molar-refractivity contribution is 7.21. The number of aliphatic carboxylic acids is 1. The van der Waals surface area contributed by atoms with Crippen LogP contribution in [0.1, 0.15) is 35.5 Å². The van der Waals surface area contributed by atoms with Crippen LogP contribution in [0.5, 0.6) is 0 Å². The maximum Gasteiger partial charge on any atom is 0.416 e. The van der Waals surface area contributed by atoms with Crippen molar-refractivity contribution in [2.75, 3.05) is 17.2 Å². The average Bonchev–Trinajstić information content (AvgIpc) is 3.48. The van der Waals surface area contributed by atoms with E-state index >= 15 is 0 Å². The topological polar surface area (TPSA) is 96.5 Å². The summed E-state index contributed by atoms with van der Waals surface area (Å²) >= 11 is 2.52. The van der Waals surface area contributed by atoms with Gasteiger partial charge in [-0.15, -0.1) is 22.7 Å². The number of fused-ring (bicyclic) bond motifs is 1. The number of amides is 1. The number of carbonyl (C=O) groups is 2. The molecule has 4 rings (SSSR count). The SMILES string of the molecule is CC.Nc1c(C(=O)N(CCC(=O)O)c2cccc(C(F)(F)F)c2)sc2nc(-c3cccs3)ccc12. The monoisotopic (exact) mass is 521 g/mol. The molecule has 0 saturated heterocycles. The number of pyridine rings is 1. The number of carbonyl (C=O) groups excluding carboxylic acids is 1. The number of nitrogen functional groups attached to an aromatic ring is 1. The first-order valence-electron chi connectivity index (χ1n) is 10.6. The number of benzene rings is 1. The van der Waals surface area contributed by atoms with E-state index in [0.717, 1.165) is 33.2 Å². The van der Waals surface area contributed by atoms with E-state index in [9.17, 15) is 22.8 Å². The normalized spacial score (nSPS) is 11.1. The number of hydrogen-bond acceptors (Lipinski definition) is 6. The molecule has 184 valence electrons. The highest BCUT2D eigenvalue weighted by Gasteiger charge is 2.32. The summed E-state index contributed by atoms with van der Waals surface area (Å²) in [6, 6.07) is 11.5. The molecule has 1 aromatic carbocycles. The molecule has 0 unspecified atom stereocenters. The number of nitrogens with zero attached hydrogens (tertiary/aromatic N) is 2. The Morgan fingerprint density at radius 3 is 2.49 bits per heavy atom. The minimum atomic E-state index is -4.61. The van der Waals surface area contributed by atoms with Crippen molar-refractivity contribution < 1.29 is 27.9 Å². The van der Waals surface area contributed by atoms with Crippen molar-refractivity contribution in [2.24, 2.45) is 0 Å². The average molecular weight is 522 g/mol. The van der Waals surface area contributed by atoms with Crippen molar-refractivity contribution in [3.63, 3.8) is 0 Å². The van der Waals surface area contributed by atoms with Gasteiger partial charge in [-0.1, -0.05) is 26.0 Å². The fourth-order valence-electron chi connectivity index (χ4n) is 3.25. The van der Waals surface area contributed by atoms with Gasteiger partial charge in [-0.05, 0) is 41.8 Å². The van der Waals surface area contributed by atoms with Crippen LogP contribution in [0, 0.1) is 0 Å². The number of hydrogen-bond donors (Lipinski definition) is 2. The lowest BCUT2D eigenvalue weighted by Crippen LogP contribution is -2.33. The summed E-state index contributed by atoms with van der Waals surface area (Å²) in [6.45, 7) is 3.68. The van der Waals surface area contributed by atoms with Crippen LogP contribution in [0.25, 0.3) is 20.8 Å². The number of alkyl halides is 3. The van der Waals surface area contributed by atoms with Gasteiger partial charge in [-0.25, -0.2) is 4.98 Å². The molecular formula is C24H22F3N3O3S2. The minimum Gasteiger partial charge on any atom is -0.481 e. The van der Waals surface area contributed by atoms with Gasteiger partial charge in [-0.2, -0.15) is 13.2 Å². The predicted octanol–water partition coefficient (Wildman–Crippen LogP) is 6.77. The van der Waals surface area contributed by atoms with Gasteiger partial charge in [-0.3, -0.25) is 9.59 Å². The Balaban J connectivity index is 0.00000167. The molecular weight excluding hydrogens is 499 g/mol. The lowest BCUT2D eigenvalue weighted by Gasteiger charge is -2.23. The second-order valence-corrected chi connectivity index (χ2v) is 8.97. The van der Waals surface area contributed by atoms with E-state index in [0.29, 0.717) is 15.9 Å². The Morgan fingerprint density at radius 1 is 1.11 bits per heavy atom. The van der Waals surface area contributed by atoms with Gasteiger partial charge in [0.05, 0.1) is 28.2 Å². The molecule has 6 nitrogen and oxygen atoms in total. The van der Waals surface area contributed by atoms with Gasteiger partial charge in [0.25, 0.3) is 5.91 Å². The highest BCUT2D eigenvalue weighted by Crippen LogP contribution is 2.37. The number of carboxylic acid groups (broad SMARTS) is 1. The summed E-state index contributed by atoms with van der Waals surface area (Å²) in [5.74, 6) is -1.87. The van der Waals surface area contributed by atoms with Crippen molar-refractivity contribution in [3.05, 3.63) is 64.4 Å². The summed E-state index contributed by atoms with van der Waals surface area (Å²) in [7, 11) is 0. The third kappa shape index (κ3) is 5.80. The van der Waals surface area contributed by atoms with Gasteiger partial charge >= 0.3 is 12.1 Å². The Bertz CT molecular complexity index is 1340. The second kappa shape index (κ2) is 10.9. The van der Waals surface area contributed by atoms with Crippen LogP contribution in [0.2, 0.25) is 0 Å². The van der Waals surface area contributed by atoms with Crippen LogP contribution in [0.15, 0.2) is 53.9 Å². The lowest BCUT2D eigenvalue weighted by molar-refractivity contribution is -0.138. The molecule has 0 aliphatic rings. The van der Waals surface area contributed by atoms with Gasteiger partial charge in [0.1, 0.15) is 9.71 Å². The van der Waals surface area contributed by atoms with E-state index in [1.165, 1.54) is 23.5 Å². The van der Waals surface area contributed by atoms with Gasteiger partial charge in [0, 0.05) is 17.6 Å². The van der Waals surface area contributed by atoms with Gasteiger partial charge in [0.2, 0.25) is 0 Å². The van der Waals surface area contributed by atoms with E-state index in [4.69, 9.17) is 10.8 Å². The molecule has 0 aliphatic heterocycles. The fraction of sp³-hybridized carbons (Fsp3) is 0.208. The zero-order valence-corrected chi connectivity index (χ0v) is 20.4. The number of rotatable bonds is 6. The predicted molar refractivity (Wildman–Crippen MR) is 134 cm³/mol. The zero-order chi connectivity index (χ0) is 25.8. The summed E-state index contributed by atoms with van der Waals surface area (Å²) in [5.41, 5.74) is 6.05. The Hall–Kier alpha value is -3.44. The largest absolute Gasteiger partial charge is 0.481 e. The summed E-state index contributed by atoms with van der Waals surface area (Å²) in [5, 5.41) is 11.5. The molecule has 35 heavy (non-hydrogen) atoms. The van der Waals surface area contributed by atoms with Crippen molar-refractivity contribution in [2.45, 2.75) is 26.4 Å². The molecule has 0 bridgehead atoms. The maximum absolute atomic E-state index is 13.4. The van der Waals surface area contributed by atoms with Crippen molar-refractivity contribution in [1.29, 1.82) is 0 Å². The Morgan fingerprint density at radius 2 is 1.86 bits per heavy atom. The number of aromatic nitrogens is 1. The smallest absolute Gasteiger partial charge is 0.416 e. The molecule has 1 amide bonds. The van der Waals surface area contributed by atoms with Crippen molar-refractivity contribution >= 4 is 56.1 Å². The molecule has 3 heterocycles. The molecule has 0 spiro atoms. The van der Waals surface area contributed by atoms with Crippen LogP contribution in [0.3, 0.4) is 0 Å². The quantitative estimate of drug-likeness (QED) is 0.292. The van der Waals surface area contributed by atoms with E-state index in [1.807, 2.05) is 31.4 Å². The Kier molecular flexibility index (Phi) is 8.13. The molecule has 3 N–H and O–H groups in total. The van der Waals surface area contributed by atoms with E-state index in [2.05, 4.69) is 4.98 Å². The highest BCUT2D eigenvalue weighted by atomic mass is 32.1. The van der Waals surface area contributed by atoms with Crippen LogP contribution in [-0.4, -0.2) is 28.5 Å². The first-order valence-corrected chi connectivity index (χ1v) is 12.3. The van der Waals surface area contributed by atoms with E-state index < -0.39 is 30.0 Å². The number of carboxylic acids is 1. The summed E-state index contributed by atoms with van der Waals surface area (Å²) < 4.78 is 39.6. The molecule has 0 aliphatic carbocycles. The molecule has 0 atom stereocenters. The number of thiophene rings is 2. The van der Waals surface area contributed by atoms with Crippen LogP contribution >= 0.6 is 22.7 Å². The fourth-order valence-corrected chi connectivity index (χ4v) is 4.98. The van der Waals surface area contributed by atoms with Gasteiger partial charge in [0.15, 0.2) is 0 Å². The maximum atomic E-state index is 13.4. The minimum absolute atomic E-state index is 0.0693. The van der Waals surface area contributed by atoms with Gasteiger partial charge < -0.3 is 15.7 Å². The van der Waals surface area contributed by atoms with Crippen LogP contribution in [0.4, 0.5) is 24.5 Å². The summed E-state index contributed by atoms with van der Waals surface area (Å²) in [6.07, 6.45) is -5.07. The molecule has 11 heteroatoms. The number of anilines is 2. The van der Waals surface area contributed by atoms with Crippen molar-refractivity contribution in [3.8, 4) is 10.6 Å². The standard InChI is InChI=1S/C22H16F3N3O3S2.C2H6/c23-22(24,25)12-3-1-4-13(11-12)28(9-8-17(29)30)21(31)19-18(26)14-6-7-15(27-20(14)33-19)16-5-2-10-32-16;1-2/h1-7,10-11H,8-9,26H2,(H,29,30);1-2H3. The third-order valence-electron chi connectivity index (χ3n) is 4.84. The van der Waals surface area contributed by atoms with Crippen LogP contribution < -0.4 is 10.6 Å². The number of halogens is 3. The third-order valence-corrected chi connectivity index (χ3v) is 6.84. The van der Waals surface area contributed by atoms with Crippen LogP contribution in [-0.2, 0) is 11.0 Å². The summed E-state index contributed by atoms with van der Waals surface area (Å²) in [4.78, 5) is 31.6. The zero-order valence-electron chi connectivity index (χ0n) is 18.8. The number of nitrogens with two attached hydrogens (primary N) is 1. The molecule has 4 aromatic rings. The van der Waals surface area contributed by atoms with E-state index in [-0.39, 0.29) is 22.8 Å².